The Bertz CT molecular complexity index is 824. The van der Waals surface area contributed by atoms with Gasteiger partial charge in [0.05, 0.1) is 17.0 Å². The lowest BCUT2D eigenvalue weighted by atomic mass is 9.84. The third-order valence-corrected chi connectivity index (χ3v) is 6.08. The summed E-state index contributed by atoms with van der Waals surface area (Å²) < 4.78 is 77.8. The van der Waals surface area contributed by atoms with Crippen LogP contribution in [0.15, 0.2) is 18.2 Å². The first-order valence-corrected chi connectivity index (χ1v) is 11.5. The van der Waals surface area contributed by atoms with E-state index in [9.17, 15) is 35.9 Å². The second-order valence-electron chi connectivity index (χ2n) is 8.54. The molecule has 2 aliphatic rings. The average molecular weight is 496 g/mol. The van der Waals surface area contributed by atoms with E-state index in [1.807, 2.05) is 13.8 Å². The summed E-state index contributed by atoms with van der Waals surface area (Å²) in [6.45, 7) is 4.76. The lowest BCUT2D eigenvalue weighted by molar-refractivity contribution is -0.143. The molecule has 3 atom stereocenters. The molecule has 1 saturated carbocycles. The summed E-state index contributed by atoms with van der Waals surface area (Å²) in [4.78, 5) is 26.7. The van der Waals surface area contributed by atoms with Crippen LogP contribution in [0, 0.1) is 11.8 Å². The fraction of sp³-hybridized carbons (Fsp3) is 0.652. The minimum atomic E-state index is -4.99. The van der Waals surface area contributed by atoms with Crippen LogP contribution < -0.4 is 11.1 Å². The highest BCUT2D eigenvalue weighted by molar-refractivity contribution is 5.91. The van der Waals surface area contributed by atoms with Gasteiger partial charge in [-0.2, -0.15) is 26.3 Å². The quantitative estimate of drug-likeness (QED) is 0.546. The Balaban J connectivity index is 0.00000199. The second-order valence-corrected chi connectivity index (χ2v) is 8.54. The highest BCUT2D eigenvalue weighted by Crippen LogP contribution is 2.37. The molecule has 1 aromatic carbocycles. The molecule has 192 valence electrons. The van der Waals surface area contributed by atoms with Crippen molar-refractivity contribution in [2.75, 3.05) is 18.4 Å². The number of hydrogen-bond donors (Lipinski definition) is 2. The largest absolute Gasteiger partial charge is 0.416 e. The van der Waals surface area contributed by atoms with Crippen LogP contribution >= 0.6 is 0 Å². The van der Waals surface area contributed by atoms with Crippen molar-refractivity contribution >= 4 is 17.5 Å². The number of nitrogens with zero attached hydrogens (tertiary/aromatic N) is 1. The van der Waals surface area contributed by atoms with E-state index in [1.165, 1.54) is 0 Å². The molecule has 2 fully saturated rings. The molecule has 0 aromatic heterocycles. The van der Waals surface area contributed by atoms with Crippen LogP contribution in [0.1, 0.15) is 63.5 Å². The number of nitrogens with two attached hydrogens (primary N) is 1. The molecule has 1 heterocycles. The summed E-state index contributed by atoms with van der Waals surface area (Å²) in [5.74, 6) is -1.23. The molecular formula is C23H31F6N3O2. The molecule has 1 aliphatic carbocycles. The molecular weight excluding hydrogens is 464 g/mol. The number of carbonyl (C=O) groups excluding carboxylic acids is 2. The van der Waals surface area contributed by atoms with Gasteiger partial charge in [0.15, 0.2) is 0 Å². The standard InChI is InChI=1S/C21H25F6N3O2.C2H6/c22-20(23,24)13-8-14(21(25,26)27)10-15(9-13)29-18(31)7-12-5-6-30(11-12)19(32)16-3-1-2-4-17(16)28;1-2/h8-10,12,16-17H,1-7,11,28H2,(H,29,31);1-2H3/t12?,16-,17+;/m0./s1. The lowest BCUT2D eigenvalue weighted by Gasteiger charge is -2.31. The minimum Gasteiger partial charge on any atom is -0.342 e. The summed E-state index contributed by atoms with van der Waals surface area (Å²) in [7, 11) is 0. The predicted molar refractivity (Wildman–Crippen MR) is 116 cm³/mol. The van der Waals surface area contributed by atoms with Crippen molar-refractivity contribution in [3.05, 3.63) is 29.3 Å². The molecule has 1 aromatic rings. The van der Waals surface area contributed by atoms with E-state index >= 15 is 0 Å². The van der Waals surface area contributed by atoms with Crippen LogP contribution in [0.2, 0.25) is 0 Å². The number of benzene rings is 1. The fourth-order valence-electron chi connectivity index (χ4n) is 4.40. The SMILES string of the molecule is CC.N[C@@H]1CCCC[C@@H]1C(=O)N1CCC(CC(=O)Nc2cc(C(F)(F)F)cc(C(F)(F)F)c2)C1. The highest BCUT2D eigenvalue weighted by atomic mass is 19.4. The fourth-order valence-corrected chi connectivity index (χ4v) is 4.40. The van der Waals surface area contributed by atoms with E-state index in [1.54, 1.807) is 4.90 Å². The Hall–Kier alpha value is -2.30. The van der Waals surface area contributed by atoms with Gasteiger partial charge in [0.1, 0.15) is 0 Å². The van der Waals surface area contributed by atoms with Crippen molar-refractivity contribution in [3.8, 4) is 0 Å². The summed E-state index contributed by atoms with van der Waals surface area (Å²) >= 11 is 0. The maximum absolute atomic E-state index is 13.0. The van der Waals surface area contributed by atoms with Gasteiger partial charge < -0.3 is 16.0 Å². The zero-order valence-corrected chi connectivity index (χ0v) is 19.2. The van der Waals surface area contributed by atoms with Crippen LogP contribution in [0.4, 0.5) is 32.0 Å². The number of carbonyl (C=O) groups is 2. The van der Waals surface area contributed by atoms with Gasteiger partial charge in [0, 0.05) is 31.2 Å². The van der Waals surface area contributed by atoms with Gasteiger partial charge in [0.2, 0.25) is 11.8 Å². The third-order valence-electron chi connectivity index (χ3n) is 6.08. The Morgan fingerprint density at radius 3 is 2.06 bits per heavy atom. The number of hydrogen-bond acceptors (Lipinski definition) is 3. The number of likely N-dealkylation sites (tertiary alicyclic amines) is 1. The second kappa shape index (κ2) is 11.4. The molecule has 0 radical (unpaired) electrons. The number of alkyl halides is 6. The third kappa shape index (κ3) is 7.35. The molecule has 0 bridgehead atoms. The Labute approximate surface area is 195 Å². The molecule has 0 spiro atoms. The number of nitrogens with one attached hydrogen (secondary N) is 1. The van der Waals surface area contributed by atoms with Crippen molar-refractivity contribution in [1.29, 1.82) is 0 Å². The topological polar surface area (TPSA) is 75.4 Å². The zero-order valence-electron chi connectivity index (χ0n) is 19.2. The van der Waals surface area contributed by atoms with Crippen LogP contribution in [0.25, 0.3) is 0 Å². The first-order chi connectivity index (χ1) is 15.8. The summed E-state index contributed by atoms with van der Waals surface area (Å²) in [5, 5.41) is 2.15. The van der Waals surface area contributed by atoms with E-state index in [-0.39, 0.29) is 36.3 Å². The van der Waals surface area contributed by atoms with E-state index in [2.05, 4.69) is 5.32 Å². The molecule has 3 N–H and O–H groups in total. The molecule has 1 aliphatic heterocycles. The summed E-state index contributed by atoms with van der Waals surface area (Å²) in [5.41, 5.74) is 2.50. The first-order valence-electron chi connectivity index (χ1n) is 11.5. The number of rotatable bonds is 4. The summed E-state index contributed by atoms with van der Waals surface area (Å²) in [6.07, 6.45) is -6.15. The van der Waals surface area contributed by atoms with E-state index in [0.29, 0.717) is 31.6 Å². The van der Waals surface area contributed by atoms with Crippen LogP contribution in [0.3, 0.4) is 0 Å². The Morgan fingerprint density at radius 2 is 1.53 bits per heavy atom. The number of halogens is 6. The van der Waals surface area contributed by atoms with Crippen LogP contribution in [0.5, 0.6) is 0 Å². The highest BCUT2D eigenvalue weighted by Gasteiger charge is 2.38. The molecule has 1 saturated heterocycles. The molecule has 3 rings (SSSR count). The van der Waals surface area contributed by atoms with Crippen molar-refractivity contribution in [1.82, 2.24) is 4.90 Å². The zero-order chi connectivity index (χ0) is 25.7. The Kier molecular flexibility index (Phi) is 9.38. The van der Waals surface area contributed by atoms with E-state index in [4.69, 9.17) is 5.73 Å². The summed E-state index contributed by atoms with van der Waals surface area (Å²) in [6, 6.07) is 0.762. The molecule has 11 heteroatoms. The van der Waals surface area contributed by atoms with Crippen molar-refractivity contribution in [2.45, 2.75) is 70.8 Å². The van der Waals surface area contributed by atoms with Gasteiger partial charge in [-0.15, -0.1) is 0 Å². The minimum absolute atomic E-state index is 0.00604. The lowest BCUT2D eigenvalue weighted by Crippen LogP contribution is -2.45. The number of anilines is 1. The monoisotopic (exact) mass is 495 g/mol. The van der Waals surface area contributed by atoms with Gasteiger partial charge in [-0.25, -0.2) is 0 Å². The van der Waals surface area contributed by atoms with Gasteiger partial charge in [0.25, 0.3) is 0 Å². The van der Waals surface area contributed by atoms with Gasteiger partial charge in [-0.3, -0.25) is 9.59 Å². The smallest absolute Gasteiger partial charge is 0.342 e. The normalized spacial score (nSPS) is 23.2. The molecule has 2 amide bonds. The van der Waals surface area contributed by atoms with E-state index in [0.717, 1.165) is 25.7 Å². The van der Waals surface area contributed by atoms with Crippen molar-refractivity contribution in [3.63, 3.8) is 0 Å². The molecule has 5 nitrogen and oxygen atoms in total. The van der Waals surface area contributed by atoms with Gasteiger partial charge in [-0.05, 0) is 43.4 Å². The van der Waals surface area contributed by atoms with E-state index < -0.39 is 35.1 Å². The van der Waals surface area contributed by atoms with Crippen LogP contribution in [-0.4, -0.2) is 35.8 Å². The van der Waals surface area contributed by atoms with Crippen LogP contribution in [-0.2, 0) is 21.9 Å². The molecule has 1 unspecified atom stereocenters. The van der Waals surface area contributed by atoms with Gasteiger partial charge >= 0.3 is 12.4 Å². The maximum Gasteiger partial charge on any atom is 0.416 e. The first kappa shape index (κ1) is 27.9. The molecule has 34 heavy (non-hydrogen) atoms. The maximum atomic E-state index is 13.0. The van der Waals surface area contributed by atoms with Crippen molar-refractivity contribution < 1.29 is 35.9 Å². The average Bonchev–Trinajstić information content (AvgIpc) is 3.22. The van der Waals surface area contributed by atoms with Crippen molar-refractivity contribution in [2.24, 2.45) is 17.6 Å². The van der Waals surface area contributed by atoms with Gasteiger partial charge in [-0.1, -0.05) is 26.7 Å². The predicted octanol–water partition coefficient (Wildman–Crippen LogP) is 5.45. The number of amides is 2. The Morgan fingerprint density at radius 1 is 0.971 bits per heavy atom.